The first-order valence-corrected chi connectivity index (χ1v) is 7.71. The van der Waals surface area contributed by atoms with E-state index >= 15 is 0 Å². The van der Waals surface area contributed by atoms with Crippen LogP contribution in [0.3, 0.4) is 0 Å². The van der Waals surface area contributed by atoms with E-state index in [0.717, 1.165) is 22.0 Å². The third kappa shape index (κ3) is 2.89. The molecular weight excluding hydrogens is 276 g/mol. The Balaban J connectivity index is 1.75. The molecule has 2 heterocycles. The van der Waals surface area contributed by atoms with Crippen LogP contribution in [0.2, 0.25) is 0 Å². The third-order valence-electron chi connectivity index (χ3n) is 2.78. The predicted molar refractivity (Wildman–Crippen MR) is 78.3 cm³/mol. The molecule has 0 aliphatic heterocycles. The average Bonchev–Trinajstić information content (AvgIpc) is 3.11. The molecule has 0 aliphatic carbocycles. The minimum absolute atomic E-state index is 0.515. The topological polar surface area (TPSA) is 46.0 Å². The molecule has 0 aliphatic rings. The van der Waals surface area contributed by atoms with Crippen molar-refractivity contribution < 1.29 is 5.11 Å². The van der Waals surface area contributed by atoms with Crippen molar-refractivity contribution >= 4 is 22.7 Å². The molecule has 0 fully saturated rings. The van der Waals surface area contributed by atoms with E-state index in [0.29, 0.717) is 6.42 Å². The van der Waals surface area contributed by atoms with Gasteiger partial charge in [0.05, 0.1) is 21.9 Å². The van der Waals surface area contributed by atoms with Crippen LogP contribution in [0.25, 0.3) is 11.3 Å². The molecule has 2 aromatic heterocycles. The van der Waals surface area contributed by atoms with Crippen molar-refractivity contribution in [3.05, 3.63) is 57.3 Å². The number of aliphatic hydroxyl groups excluding tert-OH is 1. The van der Waals surface area contributed by atoms with E-state index in [1.807, 2.05) is 41.1 Å². The monoisotopic (exact) mass is 288 g/mol. The Bertz CT molecular complexity index is 635. The number of hydrogen-bond donors (Lipinski definition) is 1. The van der Waals surface area contributed by atoms with Crippen LogP contribution in [-0.4, -0.2) is 15.1 Å². The van der Waals surface area contributed by atoms with Crippen molar-refractivity contribution in [3.63, 3.8) is 0 Å². The van der Waals surface area contributed by atoms with Gasteiger partial charge in [-0.25, -0.2) is 9.97 Å². The predicted octanol–water partition coefficient (Wildman–Crippen LogP) is 3.54. The van der Waals surface area contributed by atoms with Gasteiger partial charge in [0.25, 0.3) is 0 Å². The second-order valence-corrected chi connectivity index (χ2v) is 5.79. The molecule has 1 unspecified atom stereocenters. The van der Waals surface area contributed by atoms with Crippen LogP contribution < -0.4 is 0 Å². The van der Waals surface area contributed by atoms with Gasteiger partial charge in [-0.05, 0) is 0 Å². The fraction of sp³-hybridized carbons (Fsp3) is 0.143. The second kappa shape index (κ2) is 5.61. The highest BCUT2D eigenvalue weighted by Crippen LogP contribution is 2.25. The highest BCUT2D eigenvalue weighted by molar-refractivity contribution is 7.10. The summed E-state index contributed by atoms with van der Waals surface area (Å²) >= 11 is 3.07. The summed E-state index contributed by atoms with van der Waals surface area (Å²) in [7, 11) is 0. The number of benzene rings is 1. The first-order chi connectivity index (χ1) is 9.33. The zero-order valence-corrected chi connectivity index (χ0v) is 11.7. The van der Waals surface area contributed by atoms with E-state index in [9.17, 15) is 5.11 Å². The SMILES string of the molecule is OC(Cc1nc(-c2ccccc2)cs1)c1cscn1. The molecule has 0 radical (unpaired) electrons. The Kier molecular flexibility index (Phi) is 3.68. The highest BCUT2D eigenvalue weighted by atomic mass is 32.1. The van der Waals surface area contributed by atoms with E-state index in [1.165, 1.54) is 11.3 Å². The molecule has 96 valence electrons. The standard InChI is InChI=1S/C14H12N2OS2/c17-13(12-7-18-9-15-12)6-14-16-11(8-19-14)10-4-2-1-3-5-10/h1-5,7-9,13,17H,6H2. The molecule has 1 N–H and O–H groups in total. The molecule has 0 saturated carbocycles. The van der Waals surface area contributed by atoms with Crippen molar-refractivity contribution in [2.45, 2.75) is 12.5 Å². The molecular formula is C14H12N2OS2. The molecule has 3 rings (SSSR count). The summed E-state index contributed by atoms with van der Waals surface area (Å²) < 4.78 is 0. The zero-order chi connectivity index (χ0) is 13.1. The minimum atomic E-state index is -0.568. The normalized spacial score (nSPS) is 12.5. The molecule has 1 atom stereocenters. The van der Waals surface area contributed by atoms with E-state index in [-0.39, 0.29) is 0 Å². The summed E-state index contributed by atoms with van der Waals surface area (Å²) in [6.07, 6.45) is -0.0534. The summed E-state index contributed by atoms with van der Waals surface area (Å²) in [5.41, 5.74) is 4.52. The van der Waals surface area contributed by atoms with Crippen molar-refractivity contribution in [1.29, 1.82) is 0 Å². The Morgan fingerprint density at radius 2 is 2.00 bits per heavy atom. The van der Waals surface area contributed by atoms with Gasteiger partial charge in [0.15, 0.2) is 0 Å². The third-order valence-corrected chi connectivity index (χ3v) is 4.26. The van der Waals surface area contributed by atoms with E-state index in [1.54, 1.807) is 16.8 Å². The van der Waals surface area contributed by atoms with Crippen LogP contribution in [0, 0.1) is 0 Å². The lowest BCUT2D eigenvalue weighted by atomic mass is 10.2. The average molecular weight is 288 g/mol. The van der Waals surface area contributed by atoms with Crippen LogP contribution in [0.4, 0.5) is 0 Å². The Morgan fingerprint density at radius 3 is 2.74 bits per heavy atom. The number of aliphatic hydroxyl groups is 1. The first kappa shape index (κ1) is 12.5. The summed E-state index contributed by atoms with van der Waals surface area (Å²) in [5.74, 6) is 0. The largest absolute Gasteiger partial charge is 0.386 e. The van der Waals surface area contributed by atoms with Gasteiger partial charge in [-0.15, -0.1) is 22.7 Å². The number of thiazole rings is 2. The van der Waals surface area contributed by atoms with Gasteiger partial charge in [-0.3, -0.25) is 0 Å². The fourth-order valence-electron chi connectivity index (χ4n) is 1.80. The molecule has 0 saturated heterocycles. The first-order valence-electron chi connectivity index (χ1n) is 5.89. The van der Waals surface area contributed by atoms with Gasteiger partial charge in [-0.2, -0.15) is 0 Å². The van der Waals surface area contributed by atoms with E-state index in [2.05, 4.69) is 9.97 Å². The number of rotatable bonds is 4. The highest BCUT2D eigenvalue weighted by Gasteiger charge is 2.13. The molecule has 5 heteroatoms. The lowest BCUT2D eigenvalue weighted by molar-refractivity contribution is 0.174. The fourth-order valence-corrected chi connectivity index (χ4v) is 3.24. The van der Waals surface area contributed by atoms with Crippen LogP contribution >= 0.6 is 22.7 Å². The minimum Gasteiger partial charge on any atom is -0.386 e. The maximum atomic E-state index is 10.1. The van der Waals surface area contributed by atoms with Gasteiger partial charge in [0.2, 0.25) is 0 Å². The van der Waals surface area contributed by atoms with Gasteiger partial charge >= 0.3 is 0 Å². The quantitative estimate of drug-likeness (QED) is 0.798. The van der Waals surface area contributed by atoms with Crippen molar-refractivity contribution in [3.8, 4) is 11.3 Å². The molecule has 1 aromatic carbocycles. The smallest absolute Gasteiger partial charge is 0.103 e. The van der Waals surface area contributed by atoms with Gasteiger partial charge in [0, 0.05) is 22.7 Å². The molecule has 0 spiro atoms. The van der Waals surface area contributed by atoms with Crippen LogP contribution in [0.1, 0.15) is 16.8 Å². The van der Waals surface area contributed by atoms with Crippen LogP contribution in [-0.2, 0) is 6.42 Å². The molecule has 3 nitrogen and oxygen atoms in total. The number of hydrogen-bond acceptors (Lipinski definition) is 5. The Hall–Kier alpha value is -1.56. The number of aromatic nitrogens is 2. The number of nitrogens with zero attached hydrogens (tertiary/aromatic N) is 2. The molecule has 0 amide bonds. The second-order valence-electron chi connectivity index (χ2n) is 4.13. The van der Waals surface area contributed by atoms with Gasteiger partial charge < -0.3 is 5.11 Å². The van der Waals surface area contributed by atoms with Gasteiger partial charge in [0.1, 0.15) is 6.10 Å². The molecule has 3 aromatic rings. The van der Waals surface area contributed by atoms with Gasteiger partial charge in [-0.1, -0.05) is 30.3 Å². The maximum absolute atomic E-state index is 10.1. The summed E-state index contributed by atoms with van der Waals surface area (Å²) in [4.78, 5) is 8.69. The van der Waals surface area contributed by atoms with Crippen molar-refractivity contribution in [2.24, 2.45) is 0 Å². The van der Waals surface area contributed by atoms with E-state index in [4.69, 9.17) is 0 Å². The maximum Gasteiger partial charge on any atom is 0.103 e. The lowest BCUT2D eigenvalue weighted by Crippen LogP contribution is -2.01. The summed E-state index contributed by atoms with van der Waals surface area (Å²) in [5, 5.41) is 14.9. The zero-order valence-electron chi connectivity index (χ0n) is 10.1. The van der Waals surface area contributed by atoms with Crippen LogP contribution in [0.15, 0.2) is 46.6 Å². The van der Waals surface area contributed by atoms with Crippen molar-refractivity contribution in [1.82, 2.24) is 9.97 Å². The van der Waals surface area contributed by atoms with Crippen molar-refractivity contribution in [2.75, 3.05) is 0 Å². The van der Waals surface area contributed by atoms with Crippen LogP contribution in [0.5, 0.6) is 0 Å². The Morgan fingerprint density at radius 1 is 1.16 bits per heavy atom. The van der Waals surface area contributed by atoms with E-state index < -0.39 is 6.10 Å². The molecule has 0 bridgehead atoms. The summed E-state index contributed by atoms with van der Waals surface area (Å²) in [6.45, 7) is 0. The Labute approximate surface area is 119 Å². The lowest BCUT2D eigenvalue weighted by Gasteiger charge is -2.04. The summed E-state index contributed by atoms with van der Waals surface area (Å²) in [6, 6.07) is 10.1. The molecule has 19 heavy (non-hydrogen) atoms.